The van der Waals surface area contributed by atoms with Crippen LogP contribution in [0.2, 0.25) is 0 Å². The fourth-order valence-corrected chi connectivity index (χ4v) is 2.72. The molecule has 0 unspecified atom stereocenters. The van der Waals surface area contributed by atoms with Gasteiger partial charge in [-0.05, 0) is 12.8 Å². The van der Waals surface area contributed by atoms with Crippen LogP contribution in [0.1, 0.15) is 41.0 Å². The van der Waals surface area contributed by atoms with Crippen molar-refractivity contribution in [2.45, 2.75) is 26.7 Å². The number of anilines is 1. The number of nitrogen functional groups attached to an aromatic ring is 1. The van der Waals surface area contributed by atoms with E-state index in [1.807, 2.05) is 13.8 Å². The summed E-state index contributed by atoms with van der Waals surface area (Å²) in [6, 6.07) is 0. The lowest BCUT2D eigenvalue weighted by molar-refractivity contribution is 0.0700. The van der Waals surface area contributed by atoms with Gasteiger partial charge in [0.15, 0.2) is 0 Å². The van der Waals surface area contributed by atoms with Crippen LogP contribution in [-0.2, 0) is 0 Å². The second-order valence-electron chi connectivity index (χ2n) is 4.41. The van der Waals surface area contributed by atoms with Gasteiger partial charge in [-0.3, -0.25) is 0 Å². The highest BCUT2D eigenvalue weighted by Crippen LogP contribution is 2.33. The average molecular weight is 278 g/mol. The Morgan fingerprint density at radius 2 is 2.11 bits per heavy atom. The Bertz CT molecular complexity index is 637. The van der Waals surface area contributed by atoms with E-state index in [4.69, 9.17) is 5.73 Å². The second kappa shape index (κ2) is 4.93. The topological polar surface area (TPSA) is 102 Å². The Hall–Kier alpha value is -2.02. The van der Waals surface area contributed by atoms with Crippen molar-refractivity contribution >= 4 is 23.1 Å². The number of aromatic carboxylic acids is 1. The monoisotopic (exact) mass is 278 g/mol. The predicted octanol–water partition coefficient (Wildman–Crippen LogP) is 2.31. The molecule has 2 aromatic rings. The molecule has 0 aromatic carbocycles. The number of aromatic nitrogens is 3. The van der Waals surface area contributed by atoms with Crippen molar-refractivity contribution in [1.29, 1.82) is 0 Å². The molecule has 100 valence electrons. The first-order chi connectivity index (χ1) is 8.90. The molecule has 0 radical (unpaired) electrons. The fraction of sp³-hybridized carbons (Fsp3) is 0.333. The van der Waals surface area contributed by atoms with Crippen molar-refractivity contribution in [3.63, 3.8) is 0 Å². The molecule has 7 heteroatoms. The van der Waals surface area contributed by atoms with E-state index >= 15 is 0 Å². The van der Waals surface area contributed by atoms with Gasteiger partial charge in [-0.1, -0.05) is 13.8 Å². The molecule has 0 aliphatic heterocycles. The van der Waals surface area contributed by atoms with Crippen molar-refractivity contribution < 1.29 is 9.90 Å². The van der Waals surface area contributed by atoms with Crippen LogP contribution in [0.4, 0.5) is 5.82 Å². The van der Waals surface area contributed by atoms with Gasteiger partial charge < -0.3 is 10.8 Å². The molecule has 2 heterocycles. The molecular weight excluding hydrogens is 264 g/mol. The van der Waals surface area contributed by atoms with E-state index in [0.29, 0.717) is 27.9 Å². The number of rotatable bonds is 3. The lowest BCUT2D eigenvalue weighted by atomic mass is 10.1. The van der Waals surface area contributed by atoms with Gasteiger partial charge >= 0.3 is 5.97 Å². The van der Waals surface area contributed by atoms with Crippen LogP contribution in [0.15, 0.2) is 6.20 Å². The third-order valence-electron chi connectivity index (χ3n) is 2.56. The van der Waals surface area contributed by atoms with E-state index in [-0.39, 0.29) is 10.8 Å². The maximum Gasteiger partial charge on any atom is 0.347 e. The van der Waals surface area contributed by atoms with Gasteiger partial charge in [-0.25, -0.2) is 19.7 Å². The van der Waals surface area contributed by atoms with Crippen molar-refractivity contribution in [1.82, 2.24) is 15.0 Å². The van der Waals surface area contributed by atoms with Crippen LogP contribution in [0, 0.1) is 6.92 Å². The van der Waals surface area contributed by atoms with Crippen LogP contribution in [0.5, 0.6) is 0 Å². The SMILES string of the molecule is Cc1ncc(-c2nc(C(C)C)c(C(=O)O)s2)c(N)n1. The van der Waals surface area contributed by atoms with Crippen LogP contribution in [0.3, 0.4) is 0 Å². The van der Waals surface area contributed by atoms with Crippen molar-refractivity contribution in [3.8, 4) is 10.6 Å². The van der Waals surface area contributed by atoms with E-state index in [2.05, 4.69) is 15.0 Å². The summed E-state index contributed by atoms with van der Waals surface area (Å²) in [6.45, 7) is 5.55. The molecule has 0 aliphatic carbocycles. The Kier molecular flexibility index (Phi) is 3.48. The molecule has 0 amide bonds. The molecule has 19 heavy (non-hydrogen) atoms. The molecule has 3 N–H and O–H groups in total. The van der Waals surface area contributed by atoms with Crippen molar-refractivity contribution in [2.75, 3.05) is 5.73 Å². The molecule has 0 saturated heterocycles. The zero-order valence-corrected chi connectivity index (χ0v) is 11.7. The molecule has 0 saturated carbocycles. The van der Waals surface area contributed by atoms with Crippen LogP contribution < -0.4 is 5.73 Å². The lowest BCUT2D eigenvalue weighted by Gasteiger charge is -2.02. The Morgan fingerprint density at radius 1 is 1.42 bits per heavy atom. The number of carbonyl (C=O) groups is 1. The normalized spacial score (nSPS) is 10.9. The maximum absolute atomic E-state index is 11.2. The quantitative estimate of drug-likeness (QED) is 0.893. The summed E-state index contributed by atoms with van der Waals surface area (Å²) in [4.78, 5) is 24.0. The molecule has 0 spiro atoms. The third-order valence-corrected chi connectivity index (χ3v) is 3.66. The minimum Gasteiger partial charge on any atom is -0.477 e. The lowest BCUT2D eigenvalue weighted by Crippen LogP contribution is -2.00. The molecule has 6 nitrogen and oxygen atoms in total. The fourth-order valence-electron chi connectivity index (χ4n) is 1.64. The van der Waals surface area contributed by atoms with E-state index in [1.165, 1.54) is 0 Å². The summed E-state index contributed by atoms with van der Waals surface area (Å²) in [5.74, 6) is -0.0587. The van der Waals surface area contributed by atoms with E-state index in [1.54, 1.807) is 13.1 Å². The minimum absolute atomic E-state index is 0.0312. The second-order valence-corrected chi connectivity index (χ2v) is 5.41. The van der Waals surface area contributed by atoms with Crippen LogP contribution in [-0.4, -0.2) is 26.0 Å². The zero-order valence-electron chi connectivity index (χ0n) is 10.8. The van der Waals surface area contributed by atoms with Crippen LogP contribution in [0.25, 0.3) is 10.6 Å². The zero-order chi connectivity index (χ0) is 14.2. The first-order valence-electron chi connectivity index (χ1n) is 5.73. The van der Waals surface area contributed by atoms with E-state index in [0.717, 1.165) is 11.3 Å². The highest BCUT2D eigenvalue weighted by molar-refractivity contribution is 7.17. The van der Waals surface area contributed by atoms with Crippen molar-refractivity contribution in [3.05, 3.63) is 22.6 Å². The molecule has 0 aliphatic rings. The number of hydrogen-bond acceptors (Lipinski definition) is 6. The highest BCUT2D eigenvalue weighted by Gasteiger charge is 2.21. The molecule has 2 aromatic heterocycles. The number of nitrogens with two attached hydrogens (primary N) is 1. The molecular formula is C12H14N4O2S. The van der Waals surface area contributed by atoms with Gasteiger partial charge in [0.1, 0.15) is 21.5 Å². The average Bonchev–Trinajstić information content (AvgIpc) is 2.73. The first kappa shape index (κ1) is 13.4. The van der Waals surface area contributed by atoms with Crippen molar-refractivity contribution in [2.24, 2.45) is 0 Å². The summed E-state index contributed by atoms with van der Waals surface area (Å²) in [5.41, 5.74) is 6.97. The molecule has 0 atom stereocenters. The Balaban J connectivity index is 2.57. The van der Waals surface area contributed by atoms with E-state index < -0.39 is 5.97 Å². The summed E-state index contributed by atoms with van der Waals surface area (Å²) in [7, 11) is 0. The van der Waals surface area contributed by atoms with Crippen LogP contribution >= 0.6 is 11.3 Å². The van der Waals surface area contributed by atoms with Gasteiger partial charge in [-0.2, -0.15) is 0 Å². The minimum atomic E-state index is -0.973. The first-order valence-corrected chi connectivity index (χ1v) is 6.55. The summed E-state index contributed by atoms with van der Waals surface area (Å²) in [6.07, 6.45) is 1.58. The molecule has 0 fully saturated rings. The van der Waals surface area contributed by atoms with Gasteiger partial charge in [0.05, 0.1) is 11.3 Å². The molecule has 2 rings (SSSR count). The summed E-state index contributed by atoms with van der Waals surface area (Å²) >= 11 is 1.10. The highest BCUT2D eigenvalue weighted by atomic mass is 32.1. The Morgan fingerprint density at radius 3 is 2.58 bits per heavy atom. The molecule has 0 bridgehead atoms. The number of aryl methyl sites for hydroxylation is 1. The number of carboxylic acid groups (broad SMARTS) is 1. The van der Waals surface area contributed by atoms with Gasteiger partial charge in [0, 0.05) is 6.20 Å². The smallest absolute Gasteiger partial charge is 0.347 e. The third kappa shape index (κ3) is 2.55. The van der Waals surface area contributed by atoms with E-state index in [9.17, 15) is 9.90 Å². The number of carboxylic acids is 1. The largest absolute Gasteiger partial charge is 0.477 e. The summed E-state index contributed by atoms with van der Waals surface area (Å²) < 4.78 is 0. The predicted molar refractivity (Wildman–Crippen MR) is 73.3 cm³/mol. The van der Waals surface area contributed by atoms with Gasteiger partial charge in [0.25, 0.3) is 0 Å². The standard InChI is InChI=1S/C12H14N4O2S/c1-5(2)8-9(12(17)18)19-11(16-8)7-4-14-6(3)15-10(7)13/h4-5H,1-3H3,(H,17,18)(H2,13,14,15). The summed E-state index contributed by atoms with van der Waals surface area (Å²) in [5, 5.41) is 9.74. The maximum atomic E-state index is 11.2. The number of nitrogens with zero attached hydrogens (tertiary/aromatic N) is 3. The van der Waals surface area contributed by atoms with Gasteiger partial charge in [0.2, 0.25) is 0 Å². The van der Waals surface area contributed by atoms with Gasteiger partial charge in [-0.15, -0.1) is 11.3 Å². The Labute approximate surface area is 114 Å². The number of thiazole rings is 1. The number of hydrogen-bond donors (Lipinski definition) is 2.